The number of ether oxygens (including phenoxy) is 1. The van der Waals surface area contributed by atoms with E-state index in [9.17, 15) is 9.59 Å². The molecule has 4 nitrogen and oxygen atoms in total. The second-order valence-corrected chi connectivity index (χ2v) is 6.51. The number of esters is 1. The van der Waals surface area contributed by atoms with Crippen molar-refractivity contribution in [3.05, 3.63) is 35.4 Å². The van der Waals surface area contributed by atoms with Crippen molar-refractivity contribution >= 4 is 35.0 Å². The van der Waals surface area contributed by atoms with Gasteiger partial charge in [0.05, 0.1) is 17.5 Å². The van der Waals surface area contributed by atoms with Gasteiger partial charge in [-0.2, -0.15) is 0 Å². The average Bonchev–Trinajstić information content (AvgIpc) is 3.29. The lowest BCUT2D eigenvalue weighted by molar-refractivity contribution is -0.138. The Morgan fingerprint density at radius 1 is 1.50 bits per heavy atom. The van der Waals surface area contributed by atoms with E-state index < -0.39 is 16.9 Å². The maximum absolute atomic E-state index is 12.3. The van der Waals surface area contributed by atoms with Crippen LogP contribution in [0.25, 0.3) is 0 Å². The van der Waals surface area contributed by atoms with Crippen LogP contribution in [0.3, 0.4) is 0 Å². The molecular weight excluding hydrogens is 325 g/mol. The van der Waals surface area contributed by atoms with Crippen LogP contribution in [0.2, 0.25) is 0 Å². The highest BCUT2D eigenvalue weighted by Crippen LogP contribution is 2.39. The molecule has 1 saturated carbocycles. The summed E-state index contributed by atoms with van der Waals surface area (Å²) in [5, 5.41) is 3.44. The number of hydrogen-bond donors (Lipinski definition) is 1. The molecule has 0 aromatic carbocycles. The van der Waals surface area contributed by atoms with Gasteiger partial charge in [-0.1, -0.05) is 24.3 Å². The number of nitrogens with one attached hydrogen (secondary N) is 1. The van der Waals surface area contributed by atoms with Crippen LogP contribution in [-0.4, -0.2) is 35.3 Å². The van der Waals surface area contributed by atoms with Crippen LogP contribution >= 0.6 is 23.2 Å². The Balaban J connectivity index is 2.02. The number of hydrogen-bond acceptors (Lipinski definition) is 4. The highest BCUT2D eigenvalue weighted by molar-refractivity contribution is 6.34. The van der Waals surface area contributed by atoms with E-state index in [0.29, 0.717) is 16.6 Å². The first-order chi connectivity index (χ1) is 10.4. The fourth-order valence-corrected chi connectivity index (χ4v) is 2.99. The van der Waals surface area contributed by atoms with Crippen molar-refractivity contribution in [1.82, 2.24) is 5.32 Å². The molecule has 0 saturated heterocycles. The van der Waals surface area contributed by atoms with Crippen molar-refractivity contribution in [2.75, 3.05) is 6.61 Å². The molecule has 0 aromatic heterocycles. The monoisotopic (exact) mass is 343 g/mol. The van der Waals surface area contributed by atoms with Gasteiger partial charge in [-0.05, 0) is 25.8 Å². The summed E-state index contributed by atoms with van der Waals surface area (Å²) in [6, 6.07) is 0.399. The predicted molar refractivity (Wildman–Crippen MR) is 87.0 cm³/mol. The molecule has 2 atom stereocenters. The van der Waals surface area contributed by atoms with Crippen molar-refractivity contribution in [2.24, 2.45) is 0 Å². The number of rotatable bonds is 7. The Morgan fingerprint density at radius 2 is 2.18 bits per heavy atom. The minimum Gasteiger partial charge on any atom is -0.462 e. The third-order valence-electron chi connectivity index (χ3n) is 3.83. The highest BCUT2D eigenvalue weighted by atomic mass is 35.5. The first-order valence-electron chi connectivity index (χ1n) is 7.20. The zero-order chi connectivity index (χ0) is 16.3. The van der Waals surface area contributed by atoms with E-state index in [1.54, 1.807) is 12.2 Å². The standard InChI is InChI=1S/C16H19Cl2NO3/c1-3-14(21)22-9-8-12(20)11-6-7-13(17)16(2,15(11)18)19-10-4-5-10/h3,6-7,10,15,19H,1,4-5,8-9H2,2H3. The molecule has 0 bridgehead atoms. The minimum absolute atomic E-state index is 0.00878. The molecule has 0 spiro atoms. The van der Waals surface area contributed by atoms with Gasteiger partial charge in [0.25, 0.3) is 0 Å². The van der Waals surface area contributed by atoms with Gasteiger partial charge >= 0.3 is 5.97 Å². The molecule has 0 heterocycles. The molecule has 1 N–H and O–H groups in total. The maximum Gasteiger partial charge on any atom is 0.330 e. The second-order valence-electron chi connectivity index (χ2n) is 5.66. The smallest absolute Gasteiger partial charge is 0.330 e. The van der Waals surface area contributed by atoms with Crippen molar-refractivity contribution in [2.45, 2.75) is 43.1 Å². The molecule has 0 aliphatic heterocycles. The molecule has 2 rings (SSSR count). The number of Topliss-reactive ketones (excluding diaryl/α,β-unsaturated/α-hetero) is 1. The maximum atomic E-state index is 12.3. The van der Waals surface area contributed by atoms with E-state index >= 15 is 0 Å². The second kappa shape index (κ2) is 6.99. The Labute approximate surface area is 140 Å². The number of alkyl halides is 1. The van der Waals surface area contributed by atoms with Gasteiger partial charge in [0, 0.05) is 29.1 Å². The van der Waals surface area contributed by atoms with Crippen LogP contribution in [0.1, 0.15) is 26.2 Å². The first-order valence-corrected chi connectivity index (χ1v) is 8.02. The van der Waals surface area contributed by atoms with Crippen molar-refractivity contribution in [3.8, 4) is 0 Å². The number of carbonyl (C=O) groups is 2. The van der Waals surface area contributed by atoms with Gasteiger partial charge in [0.15, 0.2) is 5.78 Å². The molecule has 0 radical (unpaired) electrons. The molecule has 22 heavy (non-hydrogen) atoms. The predicted octanol–water partition coefficient (Wildman–Crippen LogP) is 2.86. The molecule has 0 amide bonds. The SMILES string of the molecule is C=CC(=O)OCCC(=O)C1=CC=C(Cl)C(C)(NC2CC2)C1Cl. The largest absolute Gasteiger partial charge is 0.462 e. The van der Waals surface area contributed by atoms with Gasteiger partial charge in [-0.25, -0.2) is 4.79 Å². The van der Waals surface area contributed by atoms with Gasteiger partial charge in [0.1, 0.15) is 0 Å². The van der Waals surface area contributed by atoms with Crippen LogP contribution in [0.15, 0.2) is 35.4 Å². The summed E-state index contributed by atoms with van der Waals surface area (Å²) >= 11 is 12.8. The van der Waals surface area contributed by atoms with Crippen LogP contribution in [0, 0.1) is 0 Å². The summed E-state index contributed by atoms with van der Waals surface area (Å²) in [6.45, 7) is 5.21. The lowest BCUT2D eigenvalue weighted by Crippen LogP contribution is -2.53. The van der Waals surface area contributed by atoms with E-state index in [0.717, 1.165) is 18.9 Å². The van der Waals surface area contributed by atoms with Crippen molar-refractivity contribution < 1.29 is 14.3 Å². The first kappa shape index (κ1) is 17.3. The lowest BCUT2D eigenvalue weighted by atomic mass is 9.84. The van der Waals surface area contributed by atoms with Crippen LogP contribution in [-0.2, 0) is 14.3 Å². The molecular formula is C16H19Cl2NO3. The zero-order valence-corrected chi connectivity index (χ0v) is 13.9. The van der Waals surface area contributed by atoms with E-state index in [2.05, 4.69) is 11.9 Å². The van der Waals surface area contributed by atoms with Gasteiger partial charge < -0.3 is 10.1 Å². The van der Waals surface area contributed by atoms with Crippen LogP contribution < -0.4 is 5.32 Å². The molecule has 1 fully saturated rings. The fraction of sp³-hybridized carbons (Fsp3) is 0.500. The van der Waals surface area contributed by atoms with Crippen molar-refractivity contribution in [3.63, 3.8) is 0 Å². The molecule has 2 aliphatic carbocycles. The van der Waals surface area contributed by atoms with Gasteiger partial charge in [0.2, 0.25) is 0 Å². The van der Waals surface area contributed by atoms with Gasteiger partial charge in [-0.3, -0.25) is 4.79 Å². The summed E-state index contributed by atoms with van der Waals surface area (Å²) in [5.41, 5.74) is -0.168. The summed E-state index contributed by atoms with van der Waals surface area (Å²) in [6.07, 6.45) is 6.68. The van der Waals surface area contributed by atoms with Crippen LogP contribution in [0.5, 0.6) is 0 Å². The Bertz CT molecular complexity index is 552. The number of carbonyl (C=O) groups excluding carboxylic acids is 2. The van der Waals surface area contributed by atoms with E-state index in [-0.39, 0.29) is 18.8 Å². The molecule has 2 aliphatic rings. The molecule has 120 valence electrons. The third kappa shape index (κ3) is 3.80. The molecule has 2 unspecified atom stereocenters. The van der Waals surface area contributed by atoms with Crippen molar-refractivity contribution in [1.29, 1.82) is 0 Å². The topological polar surface area (TPSA) is 55.4 Å². The Hall–Kier alpha value is -1.10. The molecule has 6 heteroatoms. The van der Waals surface area contributed by atoms with Gasteiger partial charge in [-0.15, -0.1) is 11.6 Å². The fourth-order valence-electron chi connectivity index (χ4n) is 2.33. The number of halogens is 2. The third-order valence-corrected chi connectivity index (χ3v) is 5.02. The van der Waals surface area contributed by atoms with E-state index in [1.165, 1.54) is 0 Å². The highest BCUT2D eigenvalue weighted by Gasteiger charge is 2.44. The lowest BCUT2D eigenvalue weighted by Gasteiger charge is -2.38. The van der Waals surface area contributed by atoms with E-state index in [4.69, 9.17) is 27.9 Å². The molecule has 0 aromatic rings. The average molecular weight is 344 g/mol. The summed E-state index contributed by atoms with van der Waals surface area (Å²) < 4.78 is 4.83. The number of allylic oxidation sites excluding steroid dienone is 2. The minimum atomic E-state index is -0.651. The van der Waals surface area contributed by atoms with Crippen LogP contribution in [0.4, 0.5) is 0 Å². The van der Waals surface area contributed by atoms with E-state index in [1.807, 2.05) is 6.92 Å². The normalized spacial score (nSPS) is 27.7. The summed E-state index contributed by atoms with van der Waals surface area (Å²) in [7, 11) is 0. The Kier molecular flexibility index (Phi) is 5.48. The summed E-state index contributed by atoms with van der Waals surface area (Å²) in [5.74, 6) is -0.697. The zero-order valence-electron chi connectivity index (χ0n) is 12.4. The quantitative estimate of drug-likeness (QED) is 0.438. The Morgan fingerprint density at radius 3 is 2.77 bits per heavy atom. The number of ketones is 1. The summed E-state index contributed by atoms with van der Waals surface area (Å²) in [4.78, 5) is 23.3.